The number of nitrogens with zero attached hydrogens (tertiary/aromatic N) is 2. The van der Waals surface area contributed by atoms with Crippen LogP contribution >= 0.6 is 11.3 Å². The van der Waals surface area contributed by atoms with Crippen molar-refractivity contribution in [2.24, 2.45) is 0 Å². The molecular formula is C32H25N3O5S. The van der Waals surface area contributed by atoms with Gasteiger partial charge >= 0.3 is 5.97 Å². The van der Waals surface area contributed by atoms with Crippen LogP contribution in [0.15, 0.2) is 103 Å². The van der Waals surface area contributed by atoms with Crippen molar-refractivity contribution in [2.75, 3.05) is 5.32 Å². The van der Waals surface area contributed by atoms with Gasteiger partial charge in [-0.15, -0.1) is 11.3 Å². The number of carbonyl (C=O) groups excluding carboxylic acids is 2. The zero-order valence-corrected chi connectivity index (χ0v) is 22.5. The van der Waals surface area contributed by atoms with E-state index in [1.165, 1.54) is 15.9 Å². The highest BCUT2D eigenvalue weighted by Gasteiger charge is 2.26. The third kappa shape index (κ3) is 5.35. The molecule has 0 bridgehead atoms. The summed E-state index contributed by atoms with van der Waals surface area (Å²) in [6.45, 7) is 0.110. The predicted octanol–water partition coefficient (Wildman–Crippen LogP) is 6.44. The molecule has 3 aromatic carbocycles. The standard InChI is InChI=1S/C32H25N3O5S/c36-29(34-28-16-23-14-15-33-17-27(23)41-28)26(18-35-30(37)24-8-4-5-9-25(24)31(35)38)21-10-12-22(13-11-21)32(39)40-19-20-6-2-1-3-7-20/h1-17,26,37-38H,18-19H2,(H,34,36)/t26-/m1/s1. The molecular weight excluding hydrogens is 538 g/mol. The summed E-state index contributed by atoms with van der Waals surface area (Å²) in [5, 5.41) is 27.4. The summed E-state index contributed by atoms with van der Waals surface area (Å²) in [6.07, 6.45) is 3.43. The van der Waals surface area contributed by atoms with Crippen LogP contribution in [0.3, 0.4) is 0 Å². The van der Waals surface area contributed by atoms with Crippen molar-refractivity contribution in [1.82, 2.24) is 9.55 Å². The minimum Gasteiger partial charge on any atom is -0.494 e. The second-order valence-corrected chi connectivity index (χ2v) is 10.6. The molecule has 1 atom stereocenters. The van der Waals surface area contributed by atoms with Gasteiger partial charge in [0.1, 0.15) is 6.61 Å². The summed E-state index contributed by atoms with van der Waals surface area (Å²) in [6, 6.07) is 26.7. The number of aromatic nitrogens is 2. The molecule has 6 aromatic rings. The van der Waals surface area contributed by atoms with E-state index in [4.69, 9.17) is 4.74 Å². The first-order valence-corrected chi connectivity index (χ1v) is 13.7. The molecule has 0 radical (unpaired) electrons. The summed E-state index contributed by atoms with van der Waals surface area (Å²) < 4.78 is 7.70. The highest BCUT2D eigenvalue weighted by atomic mass is 32.1. The molecule has 3 heterocycles. The van der Waals surface area contributed by atoms with Gasteiger partial charge in [-0.3, -0.25) is 14.3 Å². The molecule has 9 heteroatoms. The van der Waals surface area contributed by atoms with E-state index in [9.17, 15) is 19.8 Å². The predicted molar refractivity (Wildman–Crippen MR) is 158 cm³/mol. The lowest BCUT2D eigenvalue weighted by molar-refractivity contribution is -0.117. The Morgan fingerprint density at radius 3 is 2.27 bits per heavy atom. The van der Waals surface area contributed by atoms with E-state index in [1.54, 1.807) is 60.9 Å². The van der Waals surface area contributed by atoms with E-state index in [1.807, 2.05) is 42.5 Å². The van der Waals surface area contributed by atoms with E-state index in [-0.39, 0.29) is 30.8 Å². The van der Waals surface area contributed by atoms with Gasteiger partial charge in [0.05, 0.1) is 21.2 Å². The number of nitrogens with one attached hydrogen (secondary N) is 1. The largest absolute Gasteiger partial charge is 0.494 e. The number of rotatable bonds is 8. The fourth-order valence-electron chi connectivity index (χ4n) is 4.77. The van der Waals surface area contributed by atoms with Crippen LogP contribution in [0.1, 0.15) is 27.4 Å². The first-order chi connectivity index (χ1) is 20.0. The topological polar surface area (TPSA) is 114 Å². The van der Waals surface area contributed by atoms with Crippen molar-refractivity contribution in [3.8, 4) is 11.8 Å². The molecule has 0 saturated carbocycles. The lowest BCUT2D eigenvalue weighted by Gasteiger charge is -2.19. The summed E-state index contributed by atoms with van der Waals surface area (Å²) in [5.41, 5.74) is 1.82. The van der Waals surface area contributed by atoms with Crippen molar-refractivity contribution in [1.29, 1.82) is 0 Å². The Kier molecular flexibility index (Phi) is 7.09. The third-order valence-corrected chi connectivity index (χ3v) is 7.93. The number of amides is 1. The minimum atomic E-state index is -0.814. The van der Waals surface area contributed by atoms with Crippen molar-refractivity contribution >= 4 is 49.1 Å². The molecule has 0 aliphatic rings. The average Bonchev–Trinajstić information content (AvgIpc) is 3.52. The number of esters is 1. The molecule has 0 spiro atoms. The number of ether oxygens (including phenoxy) is 1. The van der Waals surface area contributed by atoms with E-state index in [0.29, 0.717) is 26.9 Å². The molecule has 1 amide bonds. The maximum Gasteiger partial charge on any atom is 0.338 e. The minimum absolute atomic E-state index is 0.0393. The van der Waals surface area contributed by atoms with E-state index in [0.717, 1.165) is 15.6 Å². The Balaban J connectivity index is 1.28. The third-order valence-electron chi connectivity index (χ3n) is 6.93. The molecule has 0 aliphatic heterocycles. The molecule has 204 valence electrons. The quantitative estimate of drug-likeness (QED) is 0.184. The number of hydrogen-bond donors (Lipinski definition) is 3. The number of pyridine rings is 1. The molecule has 41 heavy (non-hydrogen) atoms. The van der Waals surface area contributed by atoms with Crippen LogP contribution in [0.5, 0.6) is 11.8 Å². The van der Waals surface area contributed by atoms with Crippen LogP contribution in [-0.2, 0) is 22.7 Å². The van der Waals surface area contributed by atoms with Gasteiger partial charge in [-0.2, -0.15) is 0 Å². The van der Waals surface area contributed by atoms with Crippen molar-refractivity contribution in [2.45, 2.75) is 19.1 Å². The Hall–Kier alpha value is -5.15. The lowest BCUT2D eigenvalue weighted by Crippen LogP contribution is -2.24. The lowest BCUT2D eigenvalue weighted by atomic mass is 9.96. The fourth-order valence-corrected chi connectivity index (χ4v) is 5.70. The van der Waals surface area contributed by atoms with Gasteiger partial charge in [-0.05, 0) is 52.9 Å². The zero-order valence-electron chi connectivity index (χ0n) is 21.7. The van der Waals surface area contributed by atoms with Crippen LogP contribution in [-0.4, -0.2) is 31.6 Å². The summed E-state index contributed by atoms with van der Waals surface area (Å²) in [5.74, 6) is -1.89. The molecule has 6 rings (SSSR count). The molecule has 3 N–H and O–H groups in total. The number of hydrogen-bond acceptors (Lipinski definition) is 7. The van der Waals surface area contributed by atoms with Crippen molar-refractivity contribution < 1.29 is 24.5 Å². The van der Waals surface area contributed by atoms with Crippen molar-refractivity contribution in [3.05, 3.63) is 120 Å². The van der Waals surface area contributed by atoms with Crippen LogP contribution in [0.2, 0.25) is 0 Å². The van der Waals surface area contributed by atoms with E-state index >= 15 is 0 Å². The highest BCUT2D eigenvalue weighted by Crippen LogP contribution is 2.38. The van der Waals surface area contributed by atoms with Gasteiger partial charge in [0, 0.05) is 29.7 Å². The normalized spacial score (nSPS) is 11.9. The first kappa shape index (κ1) is 26.1. The van der Waals surface area contributed by atoms with Crippen molar-refractivity contribution in [3.63, 3.8) is 0 Å². The maximum absolute atomic E-state index is 13.7. The Morgan fingerprint density at radius 1 is 0.902 bits per heavy atom. The number of fused-ring (bicyclic) bond motifs is 2. The maximum atomic E-state index is 13.7. The summed E-state index contributed by atoms with van der Waals surface area (Å²) >= 11 is 1.40. The number of anilines is 1. The Bertz CT molecular complexity index is 1790. The van der Waals surface area contributed by atoms with Gasteiger partial charge in [-0.25, -0.2) is 4.79 Å². The fraction of sp³-hybridized carbons (Fsp3) is 0.0938. The van der Waals surface area contributed by atoms with Crippen LogP contribution in [0, 0.1) is 0 Å². The van der Waals surface area contributed by atoms with E-state index < -0.39 is 11.9 Å². The van der Waals surface area contributed by atoms with Gasteiger partial charge in [0.25, 0.3) is 0 Å². The molecule has 0 unspecified atom stereocenters. The molecule has 0 saturated heterocycles. The summed E-state index contributed by atoms with van der Waals surface area (Å²) in [7, 11) is 0. The van der Waals surface area contributed by atoms with Gasteiger partial charge in [0.15, 0.2) is 0 Å². The molecule has 8 nitrogen and oxygen atoms in total. The van der Waals surface area contributed by atoms with Crippen LogP contribution in [0.4, 0.5) is 5.00 Å². The van der Waals surface area contributed by atoms with Gasteiger partial charge < -0.3 is 20.3 Å². The molecule has 3 aromatic heterocycles. The second-order valence-electron chi connectivity index (χ2n) is 9.55. The number of aromatic hydroxyl groups is 2. The molecule has 0 aliphatic carbocycles. The monoisotopic (exact) mass is 563 g/mol. The zero-order chi connectivity index (χ0) is 28.3. The van der Waals surface area contributed by atoms with Crippen LogP contribution in [0.25, 0.3) is 20.9 Å². The smallest absolute Gasteiger partial charge is 0.338 e. The Labute approximate surface area is 239 Å². The first-order valence-electron chi connectivity index (χ1n) is 12.9. The van der Waals surface area contributed by atoms with E-state index in [2.05, 4.69) is 10.3 Å². The number of carbonyl (C=O) groups is 2. The Morgan fingerprint density at radius 2 is 1.59 bits per heavy atom. The van der Waals surface area contributed by atoms with Gasteiger partial charge in [0.2, 0.25) is 17.7 Å². The second kappa shape index (κ2) is 11.1. The number of thiophene rings is 1. The average molecular weight is 564 g/mol. The summed E-state index contributed by atoms with van der Waals surface area (Å²) in [4.78, 5) is 30.5. The SMILES string of the molecule is O=C(OCc1ccccc1)c1ccc([C@@H](Cn2c(O)c3ccccc3c2O)C(=O)Nc2cc3ccncc3s2)cc1. The molecule has 0 fully saturated rings. The van der Waals surface area contributed by atoms with Crippen LogP contribution < -0.4 is 5.32 Å². The number of benzene rings is 3. The van der Waals surface area contributed by atoms with Gasteiger partial charge in [-0.1, -0.05) is 54.6 Å². The highest BCUT2D eigenvalue weighted by molar-refractivity contribution is 7.22.